The van der Waals surface area contributed by atoms with Gasteiger partial charge < -0.3 is 10.4 Å². The van der Waals surface area contributed by atoms with Crippen molar-refractivity contribution in [1.29, 1.82) is 0 Å². The first-order valence-corrected chi connectivity index (χ1v) is 5.63. The lowest BCUT2D eigenvalue weighted by Crippen LogP contribution is -2.28. The molecule has 1 rings (SSSR count). The van der Waals surface area contributed by atoms with Gasteiger partial charge in [0, 0.05) is 6.92 Å². The Balaban J connectivity index is 2.98. The summed E-state index contributed by atoms with van der Waals surface area (Å²) in [5.74, 6) is -1.92. The number of carboxylic acids is 1. The van der Waals surface area contributed by atoms with E-state index in [2.05, 4.69) is 21.2 Å². The number of carboxylic acid groups (broad SMARTS) is 1. The first kappa shape index (κ1) is 13.6. The maximum Gasteiger partial charge on any atom is 0.305 e. The number of rotatable bonds is 4. The second-order valence-corrected chi connectivity index (χ2v) is 4.38. The quantitative estimate of drug-likeness (QED) is 0.896. The largest absolute Gasteiger partial charge is 0.481 e. The third-order valence-electron chi connectivity index (χ3n) is 2.10. The van der Waals surface area contributed by atoms with Crippen LogP contribution in [-0.4, -0.2) is 17.0 Å². The molecule has 0 aliphatic heterocycles. The highest BCUT2D eigenvalue weighted by Crippen LogP contribution is 2.22. The number of benzene rings is 1. The van der Waals surface area contributed by atoms with Gasteiger partial charge in [-0.25, -0.2) is 4.39 Å². The van der Waals surface area contributed by atoms with Crippen LogP contribution < -0.4 is 5.32 Å². The van der Waals surface area contributed by atoms with Crippen LogP contribution >= 0.6 is 15.9 Å². The molecule has 17 heavy (non-hydrogen) atoms. The molecule has 1 atom stereocenters. The van der Waals surface area contributed by atoms with Gasteiger partial charge in [0.1, 0.15) is 5.82 Å². The molecular weight excluding hydrogens is 293 g/mol. The van der Waals surface area contributed by atoms with Crippen molar-refractivity contribution >= 4 is 27.8 Å². The van der Waals surface area contributed by atoms with Crippen LogP contribution in [0.3, 0.4) is 0 Å². The number of amides is 1. The van der Waals surface area contributed by atoms with Crippen LogP contribution in [0.4, 0.5) is 4.39 Å². The van der Waals surface area contributed by atoms with Crippen molar-refractivity contribution in [2.45, 2.75) is 19.4 Å². The Hall–Kier alpha value is -1.43. The second-order valence-electron chi connectivity index (χ2n) is 3.52. The molecule has 1 aromatic carbocycles. The number of hydrogen-bond donors (Lipinski definition) is 2. The fraction of sp³-hybridized carbons (Fsp3) is 0.273. The molecule has 6 heteroatoms. The Morgan fingerprint density at radius 3 is 2.65 bits per heavy atom. The zero-order chi connectivity index (χ0) is 13.0. The Bertz CT molecular complexity index is 434. The monoisotopic (exact) mass is 303 g/mol. The molecular formula is C11H11BrFNO3. The molecule has 1 aromatic rings. The highest BCUT2D eigenvalue weighted by molar-refractivity contribution is 9.10. The van der Waals surface area contributed by atoms with Gasteiger partial charge in [-0.2, -0.15) is 0 Å². The van der Waals surface area contributed by atoms with Gasteiger partial charge in [0.25, 0.3) is 0 Å². The van der Waals surface area contributed by atoms with Crippen molar-refractivity contribution in [3.8, 4) is 0 Å². The molecule has 0 saturated heterocycles. The van der Waals surface area contributed by atoms with Crippen molar-refractivity contribution in [3.05, 3.63) is 34.1 Å². The fourth-order valence-electron chi connectivity index (χ4n) is 1.40. The molecule has 0 fully saturated rings. The van der Waals surface area contributed by atoms with E-state index in [1.807, 2.05) is 0 Å². The van der Waals surface area contributed by atoms with Crippen LogP contribution in [0.25, 0.3) is 0 Å². The summed E-state index contributed by atoms with van der Waals surface area (Å²) in [7, 11) is 0. The van der Waals surface area contributed by atoms with Crippen LogP contribution in [0.1, 0.15) is 24.9 Å². The summed E-state index contributed by atoms with van der Waals surface area (Å²) >= 11 is 3.00. The van der Waals surface area contributed by atoms with Gasteiger partial charge in [0.05, 0.1) is 16.9 Å². The zero-order valence-corrected chi connectivity index (χ0v) is 10.6. The van der Waals surface area contributed by atoms with E-state index in [0.717, 1.165) is 0 Å². The minimum absolute atomic E-state index is 0.290. The molecule has 0 radical (unpaired) electrons. The highest BCUT2D eigenvalue weighted by atomic mass is 79.9. The molecule has 0 saturated carbocycles. The van der Waals surface area contributed by atoms with E-state index in [4.69, 9.17) is 5.11 Å². The highest BCUT2D eigenvalue weighted by Gasteiger charge is 2.17. The number of nitrogens with one attached hydrogen (secondary N) is 1. The Kier molecular flexibility index (Phi) is 4.62. The van der Waals surface area contributed by atoms with Crippen molar-refractivity contribution < 1.29 is 19.1 Å². The van der Waals surface area contributed by atoms with E-state index in [0.29, 0.717) is 5.56 Å². The van der Waals surface area contributed by atoms with Crippen LogP contribution in [-0.2, 0) is 9.59 Å². The number of halogens is 2. The maximum absolute atomic E-state index is 13.3. The van der Waals surface area contributed by atoms with E-state index < -0.39 is 17.8 Å². The van der Waals surface area contributed by atoms with Crippen molar-refractivity contribution in [3.63, 3.8) is 0 Å². The summed E-state index contributed by atoms with van der Waals surface area (Å²) in [6, 6.07) is 3.51. The molecule has 4 nitrogen and oxygen atoms in total. The molecule has 2 N–H and O–H groups in total. The van der Waals surface area contributed by atoms with Gasteiger partial charge in [0.2, 0.25) is 5.91 Å². The predicted molar refractivity (Wildman–Crippen MR) is 62.9 cm³/mol. The van der Waals surface area contributed by atoms with Gasteiger partial charge in [-0.3, -0.25) is 9.59 Å². The van der Waals surface area contributed by atoms with E-state index in [-0.39, 0.29) is 16.8 Å². The smallest absolute Gasteiger partial charge is 0.305 e. The average Bonchev–Trinajstić information content (AvgIpc) is 2.19. The second kappa shape index (κ2) is 5.77. The van der Waals surface area contributed by atoms with E-state index >= 15 is 0 Å². The number of carbonyl (C=O) groups excluding carboxylic acids is 1. The molecule has 0 heterocycles. The Labute approximate surface area is 106 Å². The van der Waals surface area contributed by atoms with Crippen LogP contribution in [0.5, 0.6) is 0 Å². The van der Waals surface area contributed by atoms with E-state index in [1.54, 1.807) is 6.07 Å². The number of hydrogen-bond acceptors (Lipinski definition) is 2. The summed E-state index contributed by atoms with van der Waals surface area (Å²) in [4.78, 5) is 21.6. The molecule has 0 aliphatic rings. The van der Waals surface area contributed by atoms with E-state index in [9.17, 15) is 14.0 Å². The molecule has 0 aliphatic carbocycles. The number of aliphatic carboxylic acids is 1. The minimum Gasteiger partial charge on any atom is -0.481 e. The van der Waals surface area contributed by atoms with Crippen LogP contribution in [0.2, 0.25) is 0 Å². The SMILES string of the molecule is CC(=O)NC(CC(=O)O)c1ccc(Br)c(F)c1. The van der Waals surface area contributed by atoms with Gasteiger partial charge >= 0.3 is 5.97 Å². The third-order valence-corrected chi connectivity index (χ3v) is 2.75. The van der Waals surface area contributed by atoms with Gasteiger partial charge in [0.15, 0.2) is 0 Å². The molecule has 92 valence electrons. The first-order chi connectivity index (χ1) is 7.90. The Morgan fingerprint density at radius 1 is 1.53 bits per heavy atom. The molecule has 0 aromatic heterocycles. The van der Waals surface area contributed by atoms with Gasteiger partial charge in [-0.1, -0.05) is 6.07 Å². The van der Waals surface area contributed by atoms with Crippen LogP contribution in [0.15, 0.2) is 22.7 Å². The molecule has 0 spiro atoms. The van der Waals surface area contributed by atoms with Crippen LogP contribution in [0, 0.1) is 5.82 Å². The average molecular weight is 304 g/mol. The zero-order valence-electron chi connectivity index (χ0n) is 9.04. The summed E-state index contributed by atoms with van der Waals surface area (Å²) in [6.45, 7) is 1.28. The normalized spacial score (nSPS) is 11.9. The van der Waals surface area contributed by atoms with Gasteiger partial charge in [-0.05, 0) is 33.6 Å². The fourth-order valence-corrected chi connectivity index (χ4v) is 1.65. The lowest BCUT2D eigenvalue weighted by atomic mass is 10.0. The summed E-state index contributed by atoms with van der Waals surface area (Å²) in [5.41, 5.74) is 0.420. The lowest BCUT2D eigenvalue weighted by molar-refractivity contribution is -0.137. The lowest BCUT2D eigenvalue weighted by Gasteiger charge is -2.16. The predicted octanol–water partition coefficient (Wildman–Crippen LogP) is 2.24. The maximum atomic E-state index is 13.3. The third kappa shape index (κ3) is 4.14. The summed E-state index contributed by atoms with van der Waals surface area (Å²) in [6.07, 6.45) is -0.291. The van der Waals surface area contributed by atoms with Crippen molar-refractivity contribution in [2.24, 2.45) is 0 Å². The minimum atomic E-state index is -1.06. The topological polar surface area (TPSA) is 66.4 Å². The molecule has 1 amide bonds. The number of carbonyl (C=O) groups is 2. The molecule has 0 bridgehead atoms. The van der Waals surface area contributed by atoms with Gasteiger partial charge in [-0.15, -0.1) is 0 Å². The summed E-state index contributed by atoms with van der Waals surface area (Å²) in [5, 5.41) is 11.2. The Morgan fingerprint density at radius 2 is 2.18 bits per heavy atom. The molecule has 1 unspecified atom stereocenters. The first-order valence-electron chi connectivity index (χ1n) is 4.84. The summed E-state index contributed by atoms with van der Waals surface area (Å²) < 4.78 is 13.6. The van der Waals surface area contributed by atoms with Crippen molar-refractivity contribution in [2.75, 3.05) is 0 Å². The van der Waals surface area contributed by atoms with E-state index in [1.165, 1.54) is 19.1 Å². The van der Waals surface area contributed by atoms with Crippen molar-refractivity contribution in [1.82, 2.24) is 5.32 Å². The standard InChI is InChI=1S/C11H11BrFNO3/c1-6(15)14-10(5-11(16)17)7-2-3-8(12)9(13)4-7/h2-4,10H,5H2,1H3,(H,14,15)(H,16,17).